The number of carbonyl (C=O) groups is 1. The van der Waals surface area contributed by atoms with E-state index in [0.717, 1.165) is 23.1 Å². The lowest BCUT2D eigenvalue weighted by atomic mass is 9.70. The quantitative estimate of drug-likeness (QED) is 0.321. The minimum absolute atomic E-state index is 0.0435. The fraction of sp³-hybridized carbons (Fsp3) is 0.370. The van der Waals surface area contributed by atoms with Gasteiger partial charge in [0, 0.05) is 35.6 Å². The Morgan fingerprint density at radius 2 is 2.00 bits per heavy atom. The van der Waals surface area contributed by atoms with Gasteiger partial charge in [0.15, 0.2) is 17.5 Å². The number of aromatic amines is 1. The summed E-state index contributed by atoms with van der Waals surface area (Å²) < 4.78 is 14.6. The Kier molecular flexibility index (Phi) is 7.06. The van der Waals surface area contributed by atoms with Crippen molar-refractivity contribution in [1.82, 2.24) is 40.2 Å². The van der Waals surface area contributed by atoms with Gasteiger partial charge < -0.3 is 10.6 Å². The van der Waals surface area contributed by atoms with Crippen LogP contribution < -0.4 is 10.6 Å². The van der Waals surface area contributed by atoms with Crippen molar-refractivity contribution in [1.29, 1.82) is 5.26 Å². The molecule has 0 radical (unpaired) electrons. The van der Waals surface area contributed by atoms with Gasteiger partial charge in [-0.15, -0.1) is 0 Å². The normalized spacial score (nSPS) is 19.7. The standard InChI is InChI=1S/C27H29FN10O/c1-16-10-22(34-23-11-17(2)36-37-23)35-25(32-16)19-6-8-27(15-29,9-7-19)26(39)33-18(3)20-4-5-24(30-12-20)38-14-21(28)13-31-38/h4-5,10-14,18-19H,6-9H2,1-3H3,(H,33,39)(H2,32,34,35,36,37). The second-order valence-electron chi connectivity index (χ2n) is 10.0. The molecule has 1 saturated carbocycles. The summed E-state index contributed by atoms with van der Waals surface area (Å²) in [6.07, 6.45) is 6.02. The Labute approximate surface area is 224 Å². The van der Waals surface area contributed by atoms with E-state index in [-0.39, 0.29) is 17.9 Å². The molecule has 1 aliphatic rings. The first-order chi connectivity index (χ1) is 18.7. The summed E-state index contributed by atoms with van der Waals surface area (Å²) in [5.41, 5.74) is 1.41. The lowest BCUT2D eigenvalue weighted by molar-refractivity contribution is -0.130. The van der Waals surface area contributed by atoms with Crippen molar-refractivity contribution >= 4 is 17.5 Å². The van der Waals surface area contributed by atoms with E-state index in [2.05, 4.69) is 42.0 Å². The molecular weight excluding hydrogens is 499 g/mol. The number of nitriles is 1. The van der Waals surface area contributed by atoms with Gasteiger partial charge in [-0.2, -0.15) is 15.5 Å². The van der Waals surface area contributed by atoms with Crippen molar-refractivity contribution in [3.05, 3.63) is 71.4 Å². The van der Waals surface area contributed by atoms with Crippen LogP contribution in [0.25, 0.3) is 5.82 Å². The van der Waals surface area contributed by atoms with E-state index in [1.165, 1.54) is 10.9 Å². The zero-order valence-electron chi connectivity index (χ0n) is 21.9. The Balaban J connectivity index is 1.22. The van der Waals surface area contributed by atoms with E-state index < -0.39 is 11.2 Å². The van der Waals surface area contributed by atoms with Crippen LogP contribution in [0, 0.1) is 36.4 Å². The molecule has 1 unspecified atom stereocenters. The maximum Gasteiger partial charge on any atom is 0.240 e. The van der Waals surface area contributed by atoms with Gasteiger partial charge in [0.2, 0.25) is 5.91 Å². The highest BCUT2D eigenvalue weighted by atomic mass is 19.1. The highest BCUT2D eigenvalue weighted by molar-refractivity contribution is 5.85. The van der Waals surface area contributed by atoms with Gasteiger partial charge in [-0.25, -0.2) is 24.0 Å². The Hall–Kier alpha value is -4.66. The number of anilines is 2. The minimum Gasteiger partial charge on any atom is -0.348 e. The van der Waals surface area contributed by atoms with Crippen molar-refractivity contribution in [2.45, 2.75) is 58.4 Å². The maximum absolute atomic E-state index is 13.3. The molecule has 4 aromatic heterocycles. The molecule has 39 heavy (non-hydrogen) atoms. The molecular formula is C27H29FN10O. The van der Waals surface area contributed by atoms with Gasteiger partial charge in [-0.3, -0.25) is 9.89 Å². The van der Waals surface area contributed by atoms with Crippen molar-refractivity contribution < 1.29 is 9.18 Å². The van der Waals surface area contributed by atoms with Crippen LogP contribution in [0.4, 0.5) is 16.0 Å². The number of carbonyl (C=O) groups excluding carboxylic acids is 1. The highest BCUT2D eigenvalue weighted by Crippen LogP contribution is 2.42. The van der Waals surface area contributed by atoms with Crippen molar-refractivity contribution in [2.24, 2.45) is 5.41 Å². The van der Waals surface area contributed by atoms with Crippen LogP contribution in [-0.2, 0) is 4.79 Å². The maximum atomic E-state index is 13.3. The second-order valence-corrected chi connectivity index (χ2v) is 10.0. The zero-order valence-corrected chi connectivity index (χ0v) is 21.9. The van der Waals surface area contributed by atoms with Gasteiger partial charge in [0.05, 0.1) is 24.5 Å². The van der Waals surface area contributed by atoms with E-state index in [1.54, 1.807) is 18.3 Å². The van der Waals surface area contributed by atoms with Crippen LogP contribution in [0.2, 0.25) is 0 Å². The molecule has 0 aliphatic heterocycles. The highest BCUT2D eigenvalue weighted by Gasteiger charge is 2.43. The number of hydrogen-bond acceptors (Lipinski definition) is 8. The predicted molar refractivity (Wildman–Crippen MR) is 141 cm³/mol. The molecule has 1 aliphatic carbocycles. The molecule has 12 heteroatoms. The lowest BCUT2D eigenvalue weighted by Gasteiger charge is -2.34. The van der Waals surface area contributed by atoms with Crippen molar-refractivity contribution in [3.63, 3.8) is 0 Å². The number of nitrogens with one attached hydrogen (secondary N) is 3. The fourth-order valence-corrected chi connectivity index (χ4v) is 4.84. The Bertz CT molecular complexity index is 1510. The van der Waals surface area contributed by atoms with Gasteiger partial charge in [0.1, 0.15) is 17.1 Å². The van der Waals surface area contributed by atoms with Crippen LogP contribution in [0.15, 0.2) is 42.9 Å². The van der Waals surface area contributed by atoms with Crippen molar-refractivity contribution in [2.75, 3.05) is 5.32 Å². The third-order valence-corrected chi connectivity index (χ3v) is 7.09. The summed E-state index contributed by atoms with van der Waals surface area (Å²) in [6.45, 7) is 5.68. The summed E-state index contributed by atoms with van der Waals surface area (Å²) in [5.74, 6) is 1.79. The Morgan fingerprint density at radius 1 is 1.21 bits per heavy atom. The third kappa shape index (κ3) is 5.62. The average Bonchev–Trinajstić information content (AvgIpc) is 3.55. The first-order valence-electron chi connectivity index (χ1n) is 12.8. The molecule has 3 N–H and O–H groups in total. The molecule has 1 atom stereocenters. The Morgan fingerprint density at radius 3 is 2.62 bits per heavy atom. The van der Waals surface area contributed by atoms with E-state index >= 15 is 0 Å². The number of pyridine rings is 1. The van der Waals surface area contributed by atoms with Crippen LogP contribution in [0.1, 0.15) is 67.3 Å². The number of nitrogens with zero attached hydrogens (tertiary/aromatic N) is 7. The largest absolute Gasteiger partial charge is 0.348 e. The predicted octanol–water partition coefficient (Wildman–Crippen LogP) is 4.32. The summed E-state index contributed by atoms with van der Waals surface area (Å²) >= 11 is 0. The number of halogens is 1. The smallest absolute Gasteiger partial charge is 0.240 e. The summed E-state index contributed by atoms with van der Waals surface area (Å²) in [6, 6.07) is 9.19. The van der Waals surface area contributed by atoms with Crippen LogP contribution in [0.3, 0.4) is 0 Å². The SMILES string of the molecule is Cc1cc(Nc2cc(C)[nH]n2)nc(C2CCC(C#N)(C(=O)NC(C)c3ccc(-n4cc(F)cn4)nc3)CC2)n1. The minimum atomic E-state index is -1.12. The molecule has 0 saturated heterocycles. The molecule has 4 heterocycles. The number of amides is 1. The molecule has 4 aromatic rings. The molecule has 5 rings (SSSR count). The molecule has 11 nitrogen and oxygen atoms in total. The molecule has 0 bridgehead atoms. The van der Waals surface area contributed by atoms with Crippen LogP contribution in [-0.4, -0.2) is 40.8 Å². The third-order valence-electron chi connectivity index (χ3n) is 7.09. The van der Waals surface area contributed by atoms with Gasteiger partial charge in [-0.1, -0.05) is 6.07 Å². The second kappa shape index (κ2) is 10.6. The monoisotopic (exact) mass is 528 g/mol. The van der Waals surface area contributed by atoms with Crippen LogP contribution >= 0.6 is 0 Å². The molecule has 1 amide bonds. The van der Waals surface area contributed by atoms with Crippen LogP contribution in [0.5, 0.6) is 0 Å². The molecule has 0 spiro atoms. The number of aromatic nitrogens is 7. The topological polar surface area (TPSA) is 150 Å². The van der Waals surface area contributed by atoms with Gasteiger partial charge in [-0.05, 0) is 58.1 Å². The number of aryl methyl sites for hydroxylation is 2. The molecule has 0 aromatic carbocycles. The average molecular weight is 529 g/mol. The zero-order chi connectivity index (χ0) is 27.6. The van der Waals surface area contributed by atoms with E-state index in [9.17, 15) is 14.4 Å². The molecule has 1 fully saturated rings. The van der Waals surface area contributed by atoms with Gasteiger partial charge in [0.25, 0.3) is 0 Å². The van der Waals surface area contributed by atoms with Gasteiger partial charge >= 0.3 is 0 Å². The molecule has 200 valence electrons. The number of hydrogen-bond donors (Lipinski definition) is 3. The van der Waals surface area contributed by atoms with Crippen molar-refractivity contribution in [3.8, 4) is 11.9 Å². The summed E-state index contributed by atoms with van der Waals surface area (Å²) in [5, 5.41) is 27.2. The van der Waals surface area contributed by atoms with E-state index in [4.69, 9.17) is 4.98 Å². The van der Waals surface area contributed by atoms with E-state index in [0.29, 0.717) is 49.0 Å². The fourth-order valence-electron chi connectivity index (χ4n) is 4.84. The lowest BCUT2D eigenvalue weighted by Crippen LogP contribution is -2.43. The first-order valence-corrected chi connectivity index (χ1v) is 12.8. The summed E-state index contributed by atoms with van der Waals surface area (Å²) in [4.78, 5) is 27.0. The van der Waals surface area contributed by atoms with E-state index in [1.807, 2.05) is 32.9 Å². The number of H-pyrrole nitrogens is 1. The summed E-state index contributed by atoms with van der Waals surface area (Å²) in [7, 11) is 0. The number of rotatable bonds is 7. The first kappa shape index (κ1) is 26.0.